The Morgan fingerprint density at radius 3 is 2.84 bits per heavy atom. The van der Waals surface area contributed by atoms with Crippen LogP contribution < -0.4 is 20.7 Å². The Balaban J connectivity index is 1.77. The van der Waals surface area contributed by atoms with Crippen molar-refractivity contribution in [3.05, 3.63) is 53.6 Å². The molecule has 25 heavy (non-hydrogen) atoms. The van der Waals surface area contributed by atoms with Crippen LogP contribution in [0.3, 0.4) is 0 Å². The normalized spacial score (nSPS) is 12.6. The summed E-state index contributed by atoms with van der Waals surface area (Å²) in [5, 5.41) is 2.73. The van der Waals surface area contributed by atoms with E-state index in [4.69, 9.17) is 10.5 Å². The Bertz CT molecular complexity index is 804. The van der Waals surface area contributed by atoms with Crippen molar-refractivity contribution in [3.8, 4) is 5.75 Å². The highest BCUT2D eigenvalue weighted by Crippen LogP contribution is 2.31. The number of nitrogens with two attached hydrogens (primary N) is 1. The van der Waals surface area contributed by atoms with E-state index in [0.717, 1.165) is 29.0 Å². The van der Waals surface area contributed by atoms with Gasteiger partial charge >= 0.3 is 0 Å². The SMILES string of the molecule is COc1cccc(CC(=O)N2CCc3ccc(NC(=O)CN)cc32)c1. The number of benzene rings is 2. The van der Waals surface area contributed by atoms with E-state index < -0.39 is 0 Å². The van der Waals surface area contributed by atoms with E-state index >= 15 is 0 Å². The van der Waals surface area contributed by atoms with Gasteiger partial charge in [-0.15, -0.1) is 0 Å². The lowest BCUT2D eigenvalue weighted by Crippen LogP contribution is -2.30. The van der Waals surface area contributed by atoms with Gasteiger partial charge in [0, 0.05) is 17.9 Å². The number of anilines is 2. The summed E-state index contributed by atoms with van der Waals surface area (Å²) in [4.78, 5) is 26.0. The standard InChI is InChI=1S/C19H21N3O3/c1-25-16-4-2-3-13(9-16)10-19(24)22-8-7-14-5-6-15(11-17(14)22)21-18(23)12-20/h2-6,9,11H,7-8,10,12,20H2,1H3,(H,21,23). The molecule has 0 fully saturated rings. The molecule has 0 saturated carbocycles. The maximum atomic E-state index is 12.7. The molecule has 2 aromatic carbocycles. The van der Waals surface area contributed by atoms with Gasteiger partial charge in [0.15, 0.2) is 0 Å². The van der Waals surface area contributed by atoms with E-state index in [0.29, 0.717) is 18.7 Å². The highest BCUT2D eigenvalue weighted by atomic mass is 16.5. The van der Waals surface area contributed by atoms with Gasteiger partial charge in [-0.2, -0.15) is 0 Å². The molecule has 3 N–H and O–H groups in total. The average molecular weight is 339 g/mol. The number of ether oxygens (including phenoxy) is 1. The highest BCUT2D eigenvalue weighted by molar-refractivity contribution is 5.98. The zero-order valence-electron chi connectivity index (χ0n) is 14.1. The first kappa shape index (κ1) is 17.0. The monoisotopic (exact) mass is 339 g/mol. The molecule has 0 aromatic heterocycles. The molecule has 0 spiro atoms. The Morgan fingerprint density at radius 2 is 2.08 bits per heavy atom. The summed E-state index contributed by atoms with van der Waals surface area (Å²) in [5.74, 6) is 0.500. The fraction of sp³-hybridized carbons (Fsp3) is 0.263. The molecule has 0 radical (unpaired) electrons. The molecule has 1 aliphatic rings. The van der Waals surface area contributed by atoms with Gasteiger partial charge in [-0.05, 0) is 41.8 Å². The predicted molar refractivity (Wildman–Crippen MR) is 96.9 cm³/mol. The zero-order chi connectivity index (χ0) is 17.8. The van der Waals surface area contributed by atoms with Crippen molar-refractivity contribution in [3.63, 3.8) is 0 Å². The van der Waals surface area contributed by atoms with E-state index in [1.54, 1.807) is 12.0 Å². The minimum absolute atomic E-state index is 0.0225. The molecule has 0 aliphatic carbocycles. The number of hydrogen-bond acceptors (Lipinski definition) is 4. The van der Waals surface area contributed by atoms with Crippen LogP contribution in [0.15, 0.2) is 42.5 Å². The van der Waals surface area contributed by atoms with Gasteiger partial charge in [0.05, 0.1) is 20.1 Å². The van der Waals surface area contributed by atoms with Gasteiger partial charge in [0.25, 0.3) is 0 Å². The Kier molecular flexibility index (Phi) is 5.00. The second kappa shape index (κ2) is 7.36. The van der Waals surface area contributed by atoms with Crippen LogP contribution in [0.25, 0.3) is 0 Å². The summed E-state index contributed by atoms with van der Waals surface area (Å²) >= 11 is 0. The van der Waals surface area contributed by atoms with Gasteiger partial charge in [0.1, 0.15) is 5.75 Å². The number of amides is 2. The van der Waals surface area contributed by atoms with Crippen LogP contribution in [-0.4, -0.2) is 32.0 Å². The molecule has 130 valence electrons. The van der Waals surface area contributed by atoms with Crippen LogP contribution in [0.1, 0.15) is 11.1 Å². The number of hydrogen-bond donors (Lipinski definition) is 2. The third-order valence-electron chi connectivity index (χ3n) is 4.24. The first-order valence-electron chi connectivity index (χ1n) is 8.17. The fourth-order valence-electron chi connectivity index (χ4n) is 2.98. The summed E-state index contributed by atoms with van der Waals surface area (Å²) in [7, 11) is 1.61. The quantitative estimate of drug-likeness (QED) is 0.869. The number of carbonyl (C=O) groups excluding carboxylic acids is 2. The molecule has 0 atom stereocenters. The molecule has 2 aromatic rings. The summed E-state index contributed by atoms with van der Waals surface area (Å²) in [5.41, 5.74) is 8.84. The molecular formula is C19H21N3O3. The van der Waals surface area contributed by atoms with Gasteiger partial charge in [0.2, 0.25) is 11.8 Å². The van der Waals surface area contributed by atoms with Gasteiger partial charge in [-0.1, -0.05) is 18.2 Å². The molecule has 1 heterocycles. The van der Waals surface area contributed by atoms with E-state index in [1.807, 2.05) is 42.5 Å². The second-order valence-corrected chi connectivity index (χ2v) is 5.92. The topological polar surface area (TPSA) is 84.7 Å². The van der Waals surface area contributed by atoms with Crippen LogP contribution in [0, 0.1) is 0 Å². The molecule has 3 rings (SSSR count). The van der Waals surface area contributed by atoms with Gasteiger partial charge < -0.3 is 20.7 Å². The van der Waals surface area contributed by atoms with Crippen molar-refractivity contribution < 1.29 is 14.3 Å². The molecule has 6 heteroatoms. The molecule has 6 nitrogen and oxygen atoms in total. The molecule has 1 aliphatic heterocycles. The van der Waals surface area contributed by atoms with Gasteiger partial charge in [-0.3, -0.25) is 9.59 Å². The number of fused-ring (bicyclic) bond motifs is 1. The maximum absolute atomic E-state index is 12.7. The van der Waals surface area contributed by atoms with Crippen LogP contribution in [-0.2, 0) is 22.4 Å². The lowest BCUT2D eigenvalue weighted by molar-refractivity contribution is -0.118. The fourth-order valence-corrected chi connectivity index (χ4v) is 2.98. The van der Waals surface area contributed by atoms with Crippen molar-refractivity contribution in [2.75, 3.05) is 30.4 Å². The van der Waals surface area contributed by atoms with E-state index in [9.17, 15) is 9.59 Å². The summed E-state index contributed by atoms with van der Waals surface area (Å²) < 4.78 is 5.21. The van der Waals surface area contributed by atoms with Crippen molar-refractivity contribution >= 4 is 23.2 Å². The lowest BCUT2D eigenvalue weighted by atomic mass is 10.1. The maximum Gasteiger partial charge on any atom is 0.238 e. The summed E-state index contributed by atoms with van der Waals surface area (Å²) in [6.45, 7) is 0.571. The largest absolute Gasteiger partial charge is 0.497 e. The van der Waals surface area contributed by atoms with Crippen molar-refractivity contribution in [2.45, 2.75) is 12.8 Å². The van der Waals surface area contributed by atoms with E-state index in [-0.39, 0.29) is 18.4 Å². The molecule has 0 unspecified atom stereocenters. The van der Waals surface area contributed by atoms with E-state index in [2.05, 4.69) is 5.32 Å². The number of methoxy groups -OCH3 is 1. The molecular weight excluding hydrogens is 318 g/mol. The van der Waals surface area contributed by atoms with Crippen LogP contribution in [0.5, 0.6) is 5.75 Å². The Labute approximate surface area is 146 Å². The number of nitrogens with one attached hydrogen (secondary N) is 1. The Hall–Kier alpha value is -2.86. The molecule has 2 amide bonds. The van der Waals surface area contributed by atoms with Crippen molar-refractivity contribution in [1.82, 2.24) is 0 Å². The predicted octanol–water partition coefficient (Wildman–Crippen LogP) is 1.72. The van der Waals surface area contributed by atoms with Crippen molar-refractivity contribution in [2.24, 2.45) is 5.73 Å². The van der Waals surface area contributed by atoms with Crippen LogP contribution >= 0.6 is 0 Å². The van der Waals surface area contributed by atoms with Crippen LogP contribution in [0.4, 0.5) is 11.4 Å². The van der Waals surface area contributed by atoms with Crippen LogP contribution in [0.2, 0.25) is 0 Å². The number of rotatable bonds is 5. The highest BCUT2D eigenvalue weighted by Gasteiger charge is 2.25. The number of carbonyl (C=O) groups is 2. The zero-order valence-corrected chi connectivity index (χ0v) is 14.1. The minimum Gasteiger partial charge on any atom is -0.497 e. The first-order valence-corrected chi connectivity index (χ1v) is 8.17. The summed E-state index contributed by atoms with van der Waals surface area (Å²) in [6, 6.07) is 13.1. The summed E-state index contributed by atoms with van der Waals surface area (Å²) in [6.07, 6.45) is 1.11. The third kappa shape index (κ3) is 3.80. The van der Waals surface area contributed by atoms with E-state index in [1.165, 1.54) is 0 Å². The third-order valence-corrected chi connectivity index (χ3v) is 4.24. The first-order chi connectivity index (χ1) is 12.1. The average Bonchev–Trinajstić information content (AvgIpc) is 3.05. The van der Waals surface area contributed by atoms with Crippen molar-refractivity contribution in [1.29, 1.82) is 0 Å². The van der Waals surface area contributed by atoms with Gasteiger partial charge in [-0.25, -0.2) is 0 Å². The lowest BCUT2D eigenvalue weighted by Gasteiger charge is -2.18. The molecule has 0 saturated heterocycles. The minimum atomic E-state index is -0.257. The number of nitrogens with zero attached hydrogens (tertiary/aromatic N) is 1. The second-order valence-electron chi connectivity index (χ2n) is 5.92. The Morgan fingerprint density at radius 1 is 1.24 bits per heavy atom. The molecule has 0 bridgehead atoms. The smallest absolute Gasteiger partial charge is 0.238 e.